The third-order valence-electron chi connectivity index (χ3n) is 6.97. The standard InChI is InChI=1S/C25H30F3N/c26-23(17-29)5-3-1-2-4-18-6-8-19(9-7-18)20-10-12-21(13-11-20)22-14-15-24(27)25(28)16-22/h1,3,5,14-16,18-21H,2,4,6-13H2/b3-1+,23-5-. The fourth-order valence-corrected chi connectivity index (χ4v) is 5.26. The van der Waals surface area contributed by atoms with E-state index in [-0.39, 0.29) is 0 Å². The van der Waals surface area contributed by atoms with Gasteiger partial charge in [0.05, 0.1) is 0 Å². The minimum absolute atomic E-state index is 0.365. The second-order valence-electron chi connectivity index (χ2n) is 8.70. The van der Waals surface area contributed by atoms with Crippen molar-refractivity contribution in [2.45, 2.75) is 70.1 Å². The highest BCUT2D eigenvalue weighted by atomic mass is 19.2. The molecule has 3 rings (SSSR count). The third-order valence-corrected chi connectivity index (χ3v) is 6.97. The van der Waals surface area contributed by atoms with Crippen molar-refractivity contribution in [3.63, 3.8) is 0 Å². The maximum Gasteiger partial charge on any atom is 0.199 e. The molecule has 0 amide bonds. The molecule has 0 unspecified atom stereocenters. The number of halogens is 3. The Morgan fingerprint density at radius 2 is 1.62 bits per heavy atom. The average molecular weight is 402 g/mol. The average Bonchev–Trinajstić information content (AvgIpc) is 2.76. The van der Waals surface area contributed by atoms with Gasteiger partial charge in [0.2, 0.25) is 0 Å². The maximum absolute atomic E-state index is 13.5. The van der Waals surface area contributed by atoms with E-state index >= 15 is 0 Å². The Morgan fingerprint density at radius 1 is 0.966 bits per heavy atom. The van der Waals surface area contributed by atoms with Gasteiger partial charge in [-0.25, -0.2) is 8.78 Å². The number of benzene rings is 1. The van der Waals surface area contributed by atoms with Gasteiger partial charge < -0.3 is 0 Å². The summed E-state index contributed by atoms with van der Waals surface area (Å²) in [5.74, 6) is 0.450. The first-order valence-electron chi connectivity index (χ1n) is 10.9. The quantitative estimate of drug-likeness (QED) is 0.353. The number of rotatable bonds is 6. The number of nitrogens with zero attached hydrogens (tertiary/aromatic N) is 1. The van der Waals surface area contributed by atoms with E-state index in [4.69, 9.17) is 5.26 Å². The summed E-state index contributed by atoms with van der Waals surface area (Å²) >= 11 is 0. The Bertz CT molecular complexity index is 761. The van der Waals surface area contributed by atoms with Crippen molar-refractivity contribution < 1.29 is 13.2 Å². The van der Waals surface area contributed by atoms with Crippen LogP contribution in [-0.2, 0) is 0 Å². The van der Waals surface area contributed by atoms with Crippen molar-refractivity contribution in [3.05, 3.63) is 59.5 Å². The van der Waals surface area contributed by atoms with Crippen LogP contribution >= 0.6 is 0 Å². The second-order valence-corrected chi connectivity index (χ2v) is 8.70. The summed E-state index contributed by atoms with van der Waals surface area (Å²) in [7, 11) is 0. The van der Waals surface area contributed by atoms with Crippen molar-refractivity contribution in [1.82, 2.24) is 0 Å². The monoisotopic (exact) mass is 401 g/mol. The van der Waals surface area contributed by atoms with E-state index in [2.05, 4.69) is 0 Å². The zero-order valence-corrected chi connectivity index (χ0v) is 16.9. The second kappa shape index (κ2) is 10.7. The van der Waals surface area contributed by atoms with Gasteiger partial charge in [0.1, 0.15) is 6.07 Å². The van der Waals surface area contributed by atoms with E-state index in [1.165, 1.54) is 62.8 Å². The van der Waals surface area contributed by atoms with Gasteiger partial charge in [-0.05, 0) is 98.8 Å². The van der Waals surface area contributed by atoms with Gasteiger partial charge in [-0.15, -0.1) is 0 Å². The molecule has 4 heteroatoms. The minimum Gasteiger partial charge on any atom is -0.204 e. The molecule has 1 aromatic carbocycles. The predicted octanol–water partition coefficient (Wildman–Crippen LogP) is 7.76. The van der Waals surface area contributed by atoms with Crippen LogP contribution in [0.5, 0.6) is 0 Å². The molecular formula is C25H30F3N. The third kappa shape index (κ3) is 6.23. The Kier molecular flexibility index (Phi) is 7.98. The topological polar surface area (TPSA) is 23.8 Å². The lowest BCUT2D eigenvalue weighted by molar-refractivity contribution is 0.157. The fraction of sp³-hybridized carbons (Fsp3) is 0.560. The molecule has 2 saturated carbocycles. The molecule has 1 nitrogen and oxygen atoms in total. The molecule has 2 fully saturated rings. The lowest BCUT2D eigenvalue weighted by atomic mass is 9.68. The first-order chi connectivity index (χ1) is 14.1. The van der Waals surface area contributed by atoms with Crippen LogP contribution in [-0.4, -0.2) is 0 Å². The first-order valence-corrected chi connectivity index (χ1v) is 10.9. The Balaban J connectivity index is 1.37. The predicted molar refractivity (Wildman–Crippen MR) is 110 cm³/mol. The van der Waals surface area contributed by atoms with Crippen molar-refractivity contribution in [1.29, 1.82) is 5.26 Å². The van der Waals surface area contributed by atoms with Crippen LogP contribution in [0, 0.1) is 40.7 Å². The van der Waals surface area contributed by atoms with E-state index in [1.807, 2.05) is 6.08 Å². The fourth-order valence-electron chi connectivity index (χ4n) is 5.26. The van der Waals surface area contributed by atoms with Gasteiger partial charge in [-0.2, -0.15) is 9.65 Å². The molecule has 2 aliphatic carbocycles. The van der Waals surface area contributed by atoms with Crippen LogP contribution in [0.4, 0.5) is 13.2 Å². The molecule has 0 heterocycles. The van der Waals surface area contributed by atoms with Gasteiger partial charge >= 0.3 is 0 Å². The van der Waals surface area contributed by atoms with Crippen molar-refractivity contribution in [3.8, 4) is 6.07 Å². The summed E-state index contributed by atoms with van der Waals surface area (Å²) < 4.78 is 39.4. The van der Waals surface area contributed by atoms with Crippen molar-refractivity contribution in [2.24, 2.45) is 17.8 Å². The molecular weight excluding hydrogens is 371 g/mol. The van der Waals surface area contributed by atoms with Crippen molar-refractivity contribution >= 4 is 0 Å². The van der Waals surface area contributed by atoms with Crippen LogP contribution in [0.15, 0.2) is 42.3 Å². The van der Waals surface area contributed by atoms with Crippen LogP contribution in [0.1, 0.15) is 75.7 Å². The molecule has 0 N–H and O–H groups in total. The Morgan fingerprint density at radius 3 is 2.24 bits per heavy atom. The van der Waals surface area contributed by atoms with Crippen LogP contribution in [0.25, 0.3) is 0 Å². The highest BCUT2D eigenvalue weighted by Crippen LogP contribution is 2.44. The largest absolute Gasteiger partial charge is 0.204 e. The van der Waals surface area contributed by atoms with Gasteiger partial charge in [-0.3, -0.25) is 0 Å². The number of allylic oxidation sites excluding steroid dienone is 4. The molecule has 0 radical (unpaired) electrons. The summed E-state index contributed by atoms with van der Waals surface area (Å²) in [6.45, 7) is 0. The molecule has 0 saturated heterocycles. The van der Waals surface area contributed by atoms with Gasteiger partial charge in [0.25, 0.3) is 0 Å². The van der Waals surface area contributed by atoms with E-state index in [9.17, 15) is 13.2 Å². The van der Waals surface area contributed by atoms with Crippen LogP contribution in [0.2, 0.25) is 0 Å². The number of hydrogen-bond acceptors (Lipinski definition) is 1. The number of hydrogen-bond donors (Lipinski definition) is 0. The molecule has 0 bridgehead atoms. The molecule has 1 aromatic rings. The van der Waals surface area contributed by atoms with Gasteiger partial charge in [-0.1, -0.05) is 31.1 Å². The highest BCUT2D eigenvalue weighted by Gasteiger charge is 2.31. The molecule has 0 atom stereocenters. The Hall–Kier alpha value is -2.02. The van der Waals surface area contributed by atoms with Crippen molar-refractivity contribution in [2.75, 3.05) is 0 Å². The molecule has 156 valence electrons. The number of nitriles is 1. The van der Waals surface area contributed by atoms with E-state index in [0.29, 0.717) is 5.92 Å². The molecule has 2 aliphatic rings. The van der Waals surface area contributed by atoms with Crippen LogP contribution < -0.4 is 0 Å². The lowest BCUT2D eigenvalue weighted by Gasteiger charge is -2.38. The highest BCUT2D eigenvalue weighted by molar-refractivity contribution is 5.22. The molecule has 0 aromatic heterocycles. The summed E-state index contributed by atoms with van der Waals surface area (Å²) in [6.07, 6.45) is 16.5. The first kappa shape index (κ1) is 21.7. The van der Waals surface area contributed by atoms with E-state index in [1.54, 1.807) is 12.1 Å². The minimum atomic E-state index is -0.763. The summed E-state index contributed by atoms with van der Waals surface area (Å²) in [5.41, 5.74) is 0.948. The molecule has 0 aliphatic heterocycles. The molecule has 29 heavy (non-hydrogen) atoms. The summed E-state index contributed by atoms with van der Waals surface area (Å²) in [6, 6.07) is 5.85. The molecule has 0 spiro atoms. The summed E-state index contributed by atoms with van der Waals surface area (Å²) in [4.78, 5) is 0. The normalized spacial score (nSPS) is 28.4. The maximum atomic E-state index is 13.5. The smallest absolute Gasteiger partial charge is 0.199 e. The zero-order chi connectivity index (χ0) is 20.6. The van der Waals surface area contributed by atoms with Gasteiger partial charge in [0.15, 0.2) is 17.5 Å². The lowest BCUT2D eigenvalue weighted by Crippen LogP contribution is -2.25. The zero-order valence-electron chi connectivity index (χ0n) is 16.9. The van der Waals surface area contributed by atoms with Gasteiger partial charge in [0, 0.05) is 0 Å². The van der Waals surface area contributed by atoms with E-state index < -0.39 is 17.5 Å². The SMILES string of the molecule is N#C/C(F)=C/C=C/CCC1CCC(C2CCC(c3ccc(F)c(F)c3)CC2)CC1. The van der Waals surface area contributed by atoms with Crippen LogP contribution in [0.3, 0.4) is 0 Å². The van der Waals surface area contributed by atoms with E-state index in [0.717, 1.165) is 49.0 Å². The Labute approximate surface area is 172 Å². The summed E-state index contributed by atoms with van der Waals surface area (Å²) in [5, 5.41) is 8.36.